The summed E-state index contributed by atoms with van der Waals surface area (Å²) < 4.78 is 7.19. The smallest absolute Gasteiger partial charge is 0.262 e. The van der Waals surface area contributed by atoms with Crippen molar-refractivity contribution in [3.63, 3.8) is 0 Å². The van der Waals surface area contributed by atoms with E-state index in [-0.39, 0.29) is 16.9 Å². The van der Waals surface area contributed by atoms with Crippen molar-refractivity contribution in [3.8, 4) is 11.4 Å². The Kier molecular flexibility index (Phi) is 5.00. The first-order valence-corrected chi connectivity index (χ1v) is 9.99. The van der Waals surface area contributed by atoms with E-state index in [0.717, 1.165) is 5.56 Å². The highest BCUT2D eigenvalue weighted by Gasteiger charge is 2.21. The van der Waals surface area contributed by atoms with E-state index < -0.39 is 0 Å². The minimum atomic E-state index is -0.150. The number of fused-ring (bicyclic) bond motifs is 1. The summed E-state index contributed by atoms with van der Waals surface area (Å²) in [6, 6.07) is 17.1. The molecular weight excluding hydrogens is 372 g/mol. The predicted molar refractivity (Wildman–Crippen MR) is 110 cm³/mol. The average molecular weight is 392 g/mol. The van der Waals surface area contributed by atoms with Gasteiger partial charge >= 0.3 is 0 Å². The second-order valence-corrected chi connectivity index (χ2v) is 8.07. The highest BCUT2D eigenvalue weighted by molar-refractivity contribution is 7.99. The van der Waals surface area contributed by atoms with Crippen LogP contribution in [0.5, 0.6) is 0 Å². The summed E-state index contributed by atoms with van der Waals surface area (Å²) in [6.07, 6.45) is 0. The van der Waals surface area contributed by atoms with E-state index in [1.165, 1.54) is 11.8 Å². The molecule has 0 aliphatic rings. The van der Waals surface area contributed by atoms with Gasteiger partial charge in [0, 0.05) is 11.6 Å². The first-order valence-electron chi connectivity index (χ1n) is 9.11. The molecule has 0 bridgehead atoms. The van der Waals surface area contributed by atoms with Crippen LogP contribution in [0.4, 0.5) is 0 Å². The van der Waals surface area contributed by atoms with Crippen molar-refractivity contribution >= 4 is 22.7 Å². The van der Waals surface area contributed by atoms with Gasteiger partial charge in [0.15, 0.2) is 5.16 Å². The minimum Gasteiger partial charge on any atom is -0.338 e. The molecule has 4 aromatic rings. The lowest BCUT2D eigenvalue weighted by molar-refractivity contribution is 0.380. The molecule has 7 heteroatoms. The summed E-state index contributed by atoms with van der Waals surface area (Å²) in [7, 11) is 0. The monoisotopic (exact) mass is 392 g/mol. The lowest BCUT2D eigenvalue weighted by Crippen LogP contribution is -2.25. The maximum Gasteiger partial charge on any atom is 0.262 e. The van der Waals surface area contributed by atoms with Crippen LogP contribution < -0.4 is 5.56 Å². The zero-order chi connectivity index (χ0) is 19.7. The van der Waals surface area contributed by atoms with E-state index in [2.05, 4.69) is 10.1 Å². The van der Waals surface area contributed by atoms with Crippen LogP contribution in [-0.2, 0) is 0 Å². The van der Waals surface area contributed by atoms with Gasteiger partial charge in [-0.3, -0.25) is 9.36 Å². The first-order chi connectivity index (χ1) is 13.5. The number of hydrogen-bond acceptors (Lipinski definition) is 6. The topological polar surface area (TPSA) is 73.8 Å². The fraction of sp³-hybridized carbons (Fsp3) is 0.238. The van der Waals surface area contributed by atoms with Crippen LogP contribution in [0.25, 0.3) is 22.3 Å². The van der Waals surface area contributed by atoms with Gasteiger partial charge < -0.3 is 4.52 Å². The van der Waals surface area contributed by atoms with Crippen LogP contribution in [0.1, 0.15) is 38.0 Å². The third kappa shape index (κ3) is 3.45. The third-order valence-corrected chi connectivity index (χ3v) is 5.45. The quantitative estimate of drug-likeness (QED) is 0.356. The normalized spacial score (nSPS) is 12.6. The van der Waals surface area contributed by atoms with Crippen molar-refractivity contribution in [1.82, 2.24) is 19.7 Å². The van der Waals surface area contributed by atoms with Crippen molar-refractivity contribution in [2.75, 3.05) is 0 Å². The molecule has 2 aromatic heterocycles. The zero-order valence-corrected chi connectivity index (χ0v) is 16.7. The van der Waals surface area contributed by atoms with E-state index in [4.69, 9.17) is 9.51 Å². The Labute approximate surface area is 166 Å². The molecular formula is C21H20N4O2S. The molecule has 1 atom stereocenters. The number of benzene rings is 2. The standard InChI is InChI=1S/C21H20N4O2S/c1-13(2)25-20(26)16-11-7-8-12-17(16)22-21(25)28-14(3)19-23-18(24-27-19)15-9-5-4-6-10-15/h4-14H,1-3H3. The van der Waals surface area contributed by atoms with Gasteiger partial charge in [-0.25, -0.2) is 4.98 Å². The summed E-state index contributed by atoms with van der Waals surface area (Å²) in [6.45, 7) is 5.93. The van der Waals surface area contributed by atoms with Crippen molar-refractivity contribution in [3.05, 3.63) is 70.8 Å². The molecule has 4 rings (SSSR count). The number of para-hydroxylation sites is 1. The molecule has 2 heterocycles. The van der Waals surface area contributed by atoms with Gasteiger partial charge in [-0.15, -0.1) is 0 Å². The SMILES string of the molecule is CC(Sc1nc2ccccc2c(=O)n1C(C)C)c1nc(-c2ccccc2)no1. The number of thioether (sulfide) groups is 1. The van der Waals surface area contributed by atoms with Gasteiger partial charge in [0.1, 0.15) is 0 Å². The highest BCUT2D eigenvalue weighted by atomic mass is 32.2. The molecule has 142 valence electrons. The number of hydrogen-bond donors (Lipinski definition) is 0. The van der Waals surface area contributed by atoms with Crippen molar-refractivity contribution in [2.24, 2.45) is 0 Å². The summed E-state index contributed by atoms with van der Waals surface area (Å²) in [4.78, 5) is 22.2. The second kappa shape index (κ2) is 7.59. The maximum atomic E-state index is 13.0. The van der Waals surface area contributed by atoms with E-state index in [9.17, 15) is 4.79 Å². The van der Waals surface area contributed by atoms with E-state index in [1.54, 1.807) is 4.57 Å². The van der Waals surface area contributed by atoms with E-state index >= 15 is 0 Å². The van der Waals surface area contributed by atoms with Gasteiger partial charge in [0.2, 0.25) is 11.7 Å². The fourth-order valence-electron chi connectivity index (χ4n) is 2.98. The first kappa shape index (κ1) is 18.4. The van der Waals surface area contributed by atoms with Gasteiger partial charge in [-0.1, -0.05) is 59.4 Å². The molecule has 0 saturated heterocycles. The minimum absolute atomic E-state index is 0.0122. The lowest BCUT2D eigenvalue weighted by Gasteiger charge is -2.17. The molecule has 2 aromatic carbocycles. The Morgan fingerprint density at radius 2 is 1.68 bits per heavy atom. The molecule has 6 nitrogen and oxygen atoms in total. The summed E-state index contributed by atoms with van der Waals surface area (Å²) in [5.74, 6) is 1.05. The van der Waals surface area contributed by atoms with Crippen molar-refractivity contribution in [1.29, 1.82) is 0 Å². The van der Waals surface area contributed by atoms with Gasteiger partial charge in [-0.05, 0) is 32.9 Å². The predicted octanol–water partition coefficient (Wildman–Crippen LogP) is 4.88. The highest BCUT2D eigenvalue weighted by Crippen LogP contribution is 2.34. The second-order valence-electron chi connectivity index (χ2n) is 6.76. The third-order valence-electron chi connectivity index (χ3n) is 4.40. The van der Waals surface area contributed by atoms with Crippen molar-refractivity contribution in [2.45, 2.75) is 37.2 Å². The number of rotatable bonds is 5. The van der Waals surface area contributed by atoms with Crippen LogP contribution in [0.15, 0.2) is 69.1 Å². The lowest BCUT2D eigenvalue weighted by atomic mass is 10.2. The molecule has 0 fully saturated rings. The van der Waals surface area contributed by atoms with Crippen LogP contribution in [0, 0.1) is 0 Å². The van der Waals surface area contributed by atoms with Crippen LogP contribution in [-0.4, -0.2) is 19.7 Å². The molecule has 0 aliphatic heterocycles. The number of aromatic nitrogens is 4. The van der Waals surface area contributed by atoms with Gasteiger partial charge in [-0.2, -0.15) is 4.98 Å². The van der Waals surface area contributed by atoms with Gasteiger partial charge in [0.25, 0.3) is 5.56 Å². The Hall–Kier alpha value is -2.93. The average Bonchev–Trinajstić information content (AvgIpc) is 3.19. The Bertz CT molecular complexity index is 1170. The van der Waals surface area contributed by atoms with Crippen LogP contribution in [0.3, 0.4) is 0 Å². The van der Waals surface area contributed by atoms with Crippen LogP contribution >= 0.6 is 11.8 Å². The molecule has 0 saturated carbocycles. The van der Waals surface area contributed by atoms with Crippen LogP contribution in [0.2, 0.25) is 0 Å². The molecule has 0 radical (unpaired) electrons. The largest absolute Gasteiger partial charge is 0.338 e. The number of nitrogens with zero attached hydrogens (tertiary/aromatic N) is 4. The molecule has 1 unspecified atom stereocenters. The van der Waals surface area contributed by atoms with Gasteiger partial charge in [0.05, 0.1) is 16.2 Å². The zero-order valence-electron chi connectivity index (χ0n) is 15.9. The molecule has 0 amide bonds. The summed E-state index contributed by atoms with van der Waals surface area (Å²) in [5.41, 5.74) is 1.55. The van der Waals surface area contributed by atoms with Crippen molar-refractivity contribution < 1.29 is 4.52 Å². The summed E-state index contributed by atoms with van der Waals surface area (Å²) in [5, 5.41) is 5.20. The Morgan fingerprint density at radius 1 is 0.964 bits per heavy atom. The Morgan fingerprint density at radius 3 is 2.43 bits per heavy atom. The maximum absolute atomic E-state index is 13.0. The fourth-order valence-corrected chi connectivity index (χ4v) is 4.05. The Balaban J connectivity index is 1.69. The van der Waals surface area contributed by atoms with E-state index in [1.807, 2.05) is 75.4 Å². The molecule has 0 N–H and O–H groups in total. The summed E-state index contributed by atoms with van der Waals surface area (Å²) >= 11 is 1.44. The molecule has 0 spiro atoms. The van der Waals surface area contributed by atoms with E-state index in [0.29, 0.717) is 27.8 Å². The molecule has 28 heavy (non-hydrogen) atoms. The molecule has 0 aliphatic carbocycles.